The van der Waals surface area contributed by atoms with Crippen LogP contribution >= 0.6 is 0 Å². The van der Waals surface area contributed by atoms with Gasteiger partial charge in [-0.3, -0.25) is 9.69 Å². The topological polar surface area (TPSA) is 66.9 Å². The summed E-state index contributed by atoms with van der Waals surface area (Å²) in [5, 5.41) is 0. The van der Waals surface area contributed by atoms with Crippen LogP contribution in [0, 0.1) is 0 Å². The standard InChI is InChI=1S/C24H30N2O4S/c1-24(2,3)18-7-9-19(10-8-18)26-22-16-31(28,29)15-21(22)25(14-23(26)27)13-17-5-11-20(30-4)12-6-17/h5-12,21-22H,13-16H2,1-4H3/t21-,22+/m0/s1. The Morgan fingerprint density at radius 2 is 1.58 bits per heavy atom. The molecule has 166 valence electrons. The predicted molar refractivity (Wildman–Crippen MR) is 122 cm³/mol. The van der Waals surface area contributed by atoms with Crippen molar-refractivity contribution in [1.82, 2.24) is 4.90 Å². The molecular formula is C24H30N2O4S. The highest BCUT2D eigenvalue weighted by molar-refractivity contribution is 7.91. The molecule has 2 aromatic carbocycles. The number of piperazine rings is 1. The van der Waals surface area contributed by atoms with Crippen molar-refractivity contribution < 1.29 is 17.9 Å². The SMILES string of the molecule is COc1ccc(CN2CC(=O)N(c3ccc(C(C)(C)C)cc3)[C@@H]3CS(=O)(=O)C[C@@H]32)cc1. The van der Waals surface area contributed by atoms with Crippen LogP contribution in [0.2, 0.25) is 0 Å². The largest absolute Gasteiger partial charge is 0.497 e. The van der Waals surface area contributed by atoms with Gasteiger partial charge in [0.25, 0.3) is 0 Å². The minimum Gasteiger partial charge on any atom is -0.497 e. The Labute approximate surface area is 184 Å². The third kappa shape index (κ3) is 4.48. The number of benzene rings is 2. The van der Waals surface area contributed by atoms with E-state index in [0.29, 0.717) is 6.54 Å². The molecule has 1 amide bonds. The number of methoxy groups -OCH3 is 1. The van der Waals surface area contributed by atoms with E-state index in [9.17, 15) is 13.2 Å². The lowest BCUT2D eigenvalue weighted by atomic mass is 9.87. The van der Waals surface area contributed by atoms with E-state index in [0.717, 1.165) is 17.0 Å². The van der Waals surface area contributed by atoms with Crippen molar-refractivity contribution in [2.45, 2.75) is 44.8 Å². The Morgan fingerprint density at radius 3 is 2.16 bits per heavy atom. The van der Waals surface area contributed by atoms with E-state index < -0.39 is 9.84 Å². The van der Waals surface area contributed by atoms with Gasteiger partial charge in [0.2, 0.25) is 5.91 Å². The zero-order valence-electron chi connectivity index (χ0n) is 18.5. The number of ether oxygens (including phenoxy) is 1. The molecule has 6 nitrogen and oxygen atoms in total. The number of sulfone groups is 1. The third-order valence-electron chi connectivity index (χ3n) is 6.26. The molecule has 2 atom stereocenters. The van der Waals surface area contributed by atoms with Gasteiger partial charge in [-0.15, -0.1) is 0 Å². The molecule has 2 fully saturated rings. The monoisotopic (exact) mass is 442 g/mol. The molecule has 2 aromatic rings. The van der Waals surface area contributed by atoms with Crippen molar-refractivity contribution in [3.8, 4) is 5.75 Å². The summed E-state index contributed by atoms with van der Waals surface area (Å²) in [6.07, 6.45) is 0. The minimum atomic E-state index is -3.22. The number of fused-ring (bicyclic) bond motifs is 1. The maximum Gasteiger partial charge on any atom is 0.241 e. The predicted octanol–water partition coefficient (Wildman–Crippen LogP) is 3.01. The molecule has 2 heterocycles. The quantitative estimate of drug-likeness (QED) is 0.728. The Kier molecular flexibility index (Phi) is 5.60. The number of amides is 1. The van der Waals surface area contributed by atoms with Crippen molar-refractivity contribution in [3.05, 3.63) is 59.7 Å². The second-order valence-electron chi connectivity index (χ2n) is 9.53. The maximum absolute atomic E-state index is 13.2. The number of carbonyl (C=O) groups is 1. The Hall–Kier alpha value is -2.38. The highest BCUT2D eigenvalue weighted by Gasteiger charge is 2.49. The molecule has 0 unspecified atom stereocenters. The average Bonchev–Trinajstić information content (AvgIpc) is 3.03. The summed E-state index contributed by atoms with van der Waals surface area (Å²) in [6, 6.07) is 15.0. The fourth-order valence-corrected chi connectivity index (χ4v) is 6.54. The molecule has 0 aliphatic carbocycles. The van der Waals surface area contributed by atoms with E-state index in [1.807, 2.05) is 53.4 Å². The minimum absolute atomic E-state index is 0.00351. The Balaban J connectivity index is 1.61. The van der Waals surface area contributed by atoms with Gasteiger partial charge in [0.15, 0.2) is 9.84 Å². The average molecular weight is 443 g/mol. The van der Waals surface area contributed by atoms with Crippen LogP contribution < -0.4 is 9.64 Å². The van der Waals surface area contributed by atoms with Crippen LogP contribution in [0.4, 0.5) is 5.69 Å². The second-order valence-corrected chi connectivity index (χ2v) is 11.7. The summed E-state index contributed by atoms with van der Waals surface area (Å²) >= 11 is 0. The lowest BCUT2D eigenvalue weighted by molar-refractivity contribution is -0.123. The summed E-state index contributed by atoms with van der Waals surface area (Å²) in [7, 11) is -1.60. The normalized spacial score (nSPS) is 23.6. The zero-order valence-corrected chi connectivity index (χ0v) is 19.4. The van der Waals surface area contributed by atoms with Crippen molar-refractivity contribution >= 4 is 21.4 Å². The molecule has 0 bridgehead atoms. The molecular weight excluding hydrogens is 412 g/mol. The van der Waals surface area contributed by atoms with Crippen molar-refractivity contribution in [2.75, 3.05) is 30.1 Å². The third-order valence-corrected chi connectivity index (χ3v) is 7.96. The number of carbonyl (C=O) groups excluding carboxylic acids is 1. The van der Waals surface area contributed by atoms with Gasteiger partial charge < -0.3 is 9.64 Å². The van der Waals surface area contributed by atoms with Gasteiger partial charge in [0.1, 0.15) is 5.75 Å². The first-order chi connectivity index (χ1) is 14.6. The van der Waals surface area contributed by atoms with Gasteiger partial charge in [-0.05, 0) is 40.8 Å². The smallest absolute Gasteiger partial charge is 0.241 e. The van der Waals surface area contributed by atoms with Gasteiger partial charge >= 0.3 is 0 Å². The van der Waals surface area contributed by atoms with E-state index >= 15 is 0 Å². The van der Waals surface area contributed by atoms with E-state index in [-0.39, 0.29) is 41.5 Å². The Bertz CT molecular complexity index is 1060. The summed E-state index contributed by atoms with van der Waals surface area (Å²) in [5.41, 5.74) is 2.99. The second kappa shape index (κ2) is 7.95. The van der Waals surface area contributed by atoms with Crippen molar-refractivity contribution in [2.24, 2.45) is 0 Å². The fraction of sp³-hybridized carbons (Fsp3) is 0.458. The maximum atomic E-state index is 13.2. The highest BCUT2D eigenvalue weighted by Crippen LogP contribution is 2.34. The van der Waals surface area contributed by atoms with E-state index in [2.05, 4.69) is 20.8 Å². The summed E-state index contributed by atoms with van der Waals surface area (Å²) in [4.78, 5) is 16.9. The number of hydrogen-bond donors (Lipinski definition) is 0. The summed E-state index contributed by atoms with van der Waals surface area (Å²) in [5.74, 6) is 0.793. The Morgan fingerprint density at radius 1 is 0.968 bits per heavy atom. The molecule has 31 heavy (non-hydrogen) atoms. The zero-order chi connectivity index (χ0) is 22.4. The molecule has 0 N–H and O–H groups in total. The number of rotatable bonds is 4. The number of hydrogen-bond acceptors (Lipinski definition) is 5. The molecule has 2 aliphatic heterocycles. The molecule has 0 radical (unpaired) electrons. The van der Waals surface area contributed by atoms with Gasteiger partial charge in [0.05, 0.1) is 31.2 Å². The molecule has 2 aliphatic rings. The lowest BCUT2D eigenvalue weighted by Crippen LogP contribution is -2.61. The lowest BCUT2D eigenvalue weighted by Gasteiger charge is -2.43. The van der Waals surface area contributed by atoms with E-state index in [4.69, 9.17) is 4.74 Å². The van der Waals surface area contributed by atoms with Crippen LogP contribution in [0.25, 0.3) is 0 Å². The van der Waals surface area contributed by atoms with Gasteiger partial charge in [-0.1, -0.05) is 45.0 Å². The number of anilines is 1. The summed E-state index contributed by atoms with van der Waals surface area (Å²) < 4.78 is 30.3. The number of nitrogens with zero attached hydrogens (tertiary/aromatic N) is 2. The van der Waals surface area contributed by atoms with E-state index in [1.54, 1.807) is 12.0 Å². The van der Waals surface area contributed by atoms with Crippen molar-refractivity contribution in [1.29, 1.82) is 0 Å². The molecule has 2 saturated heterocycles. The van der Waals surface area contributed by atoms with Crippen LogP contribution in [0.5, 0.6) is 5.75 Å². The molecule has 0 spiro atoms. The molecule has 4 rings (SSSR count). The van der Waals surface area contributed by atoms with Crippen LogP contribution in [-0.4, -0.2) is 56.5 Å². The van der Waals surface area contributed by atoms with Crippen LogP contribution in [0.3, 0.4) is 0 Å². The molecule has 0 aromatic heterocycles. The highest BCUT2D eigenvalue weighted by atomic mass is 32.2. The van der Waals surface area contributed by atoms with E-state index in [1.165, 1.54) is 5.56 Å². The molecule has 0 saturated carbocycles. The first-order valence-corrected chi connectivity index (χ1v) is 12.4. The van der Waals surface area contributed by atoms with Gasteiger partial charge in [0, 0.05) is 18.3 Å². The van der Waals surface area contributed by atoms with Crippen molar-refractivity contribution in [3.63, 3.8) is 0 Å². The van der Waals surface area contributed by atoms with Crippen LogP contribution in [0.15, 0.2) is 48.5 Å². The fourth-order valence-electron chi connectivity index (χ4n) is 4.55. The van der Waals surface area contributed by atoms with Crippen LogP contribution in [-0.2, 0) is 26.6 Å². The molecule has 7 heteroatoms. The van der Waals surface area contributed by atoms with Gasteiger partial charge in [-0.25, -0.2) is 8.42 Å². The van der Waals surface area contributed by atoms with Crippen LogP contribution in [0.1, 0.15) is 31.9 Å². The first kappa shape index (κ1) is 21.8. The van der Waals surface area contributed by atoms with Gasteiger partial charge in [-0.2, -0.15) is 0 Å². The first-order valence-electron chi connectivity index (χ1n) is 10.6. The summed E-state index contributed by atoms with van der Waals surface area (Å²) in [6.45, 7) is 7.16.